The van der Waals surface area contributed by atoms with Crippen molar-refractivity contribution in [3.8, 4) is 5.75 Å². The molecule has 0 spiro atoms. The molecular formula is C15H21N3O4. The third-order valence-electron chi connectivity index (χ3n) is 3.31. The quantitative estimate of drug-likeness (QED) is 0.711. The first-order chi connectivity index (χ1) is 10.6. The van der Waals surface area contributed by atoms with Gasteiger partial charge in [0.05, 0.1) is 19.8 Å². The van der Waals surface area contributed by atoms with Gasteiger partial charge in [-0.1, -0.05) is 6.92 Å². The van der Waals surface area contributed by atoms with Crippen LogP contribution in [0.1, 0.15) is 20.3 Å². The molecule has 2 aromatic rings. The molecule has 0 unspecified atom stereocenters. The first kappa shape index (κ1) is 16.2. The van der Waals surface area contributed by atoms with Crippen molar-refractivity contribution in [3.63, 3.8) is 0 Å². The standard InChI is InChI=1S/C15H21N3O4/c1-4-9-22-11-6-7-16-13-12(11)14(19)18(8-10-21-5-2)15(20)17(13)3/h6-7H,4-5,8-10H2,1-3H3. The van der Waals surface area contributed by atoms with Gasteiger partial charge in [0.1, 0.15) is 11.1 Å². The van der Waals surface area contributed by atoms with E-state index in [9.17, 15) is 9.59 Å². The van der Waals surface area contributed by atoms with Gasteiger partial charge in [-0.2, -0.15) is 0 Å². The van der Waals surface area contributed by atoms with Gasteiger partial charge in [0, 0.05) is 19.9 Å². The summed E-state index contributed by atoms with van der Waals surface area (Å²) >= 11 is 0. The second kappa shape index (κ2) is 7.22. The molecule has 0 fully saturated rings. The number of pyridine rings is 1. The molecule has 7 heteroatoms. The summed E-state index contributed by atoms with van der Waals surface area (Å²) in [6.07, 6.45) is 2.37. The molecule has 2 rings (SSSR count). The molecular weight excluding hydrogens is 286 g/mol. The van der Waals surface area contributed by atoms with Crippen molar-refractivity contribution < 1.29 is 9.47 Å². The van der Waals surface area contributed by atoms with Crippen molar-refractivity contribution in [2.45, 2.75) is 26.8 Å². The van der Waals surface area contributed by atoms with Crippen molar-refractivity contribution in [2.24, 2.45) is 7.05 Å². The van der Waals surface area contributed by atoms with Crippen molar-refractivity contribution >= 4 is 11.0 Å². The van der Waals surface area contributed by atoms with Crippen LogP contribution in [0.15, 0.2) is 21.9 Å². The molecule has 0 bridgehead atoms. The van der Waals surface area contributed by atoms with Crippen molar-refractivity contribution in [3.05, 3.63) is 33.1 Å². The van der Waals surface area contributed by atoms with E-state index in [2.05, 4.69) is 4.98 Å². The van der Waals surface area contributed by atoms with Crippen molar-refractivity contribution in [2.75, 3.05) is 19.8 Å². The van der Waals surface area contributed by atoms with Crippen LogP contribution in [0.25, 0.3) is 11.0 Å². The molecule has 0 amide bonds. The van der Waals surface area contributed by atoms with E-state index in [1.165, 1.54) is 15.3 Å². The Bertz CT molecular complexity index is 764. The van der Waals surface area contributed by atoms with Gasteiger partial charge in [0.25, 0.3) is 5.56 Å². The SMILES string of the molecule is CCCOc1ccnc2c1c(=O)n(CCOCC)c(=O)n2C. The number of hydrogen-bond acceptors (Lipinski definition) is 5. The number of fused-ring (bicyclic) bond motifs is 1. The highest BCUT2D eigenvalue weighted by Crippen LogP contribution is 2.19. The average Bonchev–Trinajstić information content (AvgIpc) is 2.53. The van der Waals surface area contributed by atoms with E-state index in [1.54, 1.807) is 13.1 Å². The molecule has 0 aliphatic rings. The fourth-order valence-corrected chi connectivity index (χ4v) is 2.21. The fraction of sp³-hybridized carbons (Fsp3) is 0.533. The lowest BCUT2D eigenvalue weighted by molar-refractivity contribution is 0.137. The van der Waals surface area contributed by atoms with E-state index >= 15 is 0 Å². The Labute approximate surface area is 128 Å². The second-order valence-electron chi connectivity index (χ2n) is 4.85. The van der Waals surface area contributed by atoms with Crippen LogP contribution in [-0.2, 0) is 18.3 Å². The van der Waals surface area contributed by atoms with Crippen LogP contribution in [0.4, 0.5) is 0 Å². The topological polar surface area (TPSA) is 75.3 Å². The van der Waals surface area contributed by atoms with E-state index in [4.69, 9.17) is 9.47 Å². The Morgan fingerprint density at radius 2 is 2.00 bits per heavy atom. The van der Waals surface area contributed by atoms with Gasteiger partial charge in [-0.3, -0.25) is 13.9 Å². The molecule has 0 N–H and O–H groups in total. The lowest BCUT2D eigenvalue weighted by Crippen LogP contribution is -2.40. The minimum absolute atomic E-state index is 0.206. The Kier molecular flexibility index (Phi) is 5.32. The van der Waals surface area contributed by atoms with Crippen molar-refractivity contribution in [1.82, 2.24) is 14.1 Å². The highest BCUT2D eigenvalue weighted by molar-refractivity contribution is 5.80. The average molecular weight is 307 g/mol. The Morgan fingerprint density at radius 1 is 1.23 bits per heavy atom. The van der Waals surface area contributed by atoms with Gasteiger partial charge in [-0.05, 0) is 19.4 Å². The summed E-state index contributed by atoms with van der Waals surface area (Å²) in [5.74, 6) is 0.456. The first-order valence-electron chi connectivity index (χ1n) is 7.40. The molecule has 7 nitrogen and oxygen atoms in total. The van der Waals surface area contributed by atoms with Gasteiger partial charge >= 0.3 is 5.69 Å². The highest BCUT2D eigenvalue weighted by Gasteiger charge is 2.15. The molecule has 0 radical (unpaired) electrons. The summed E-state index contributed by atoms with van der Waals surface area (Å²) in [5.41, 5.74) is -0.467. The van der Waals surface area contributed by atoms with E-state index < -0.39 is 11.2 Å². The number of hydrogen-bond donors (Lipinski definition) is 0. The Hall–Kier alpha value is -2.15. The molecule has 22 heavy (non-hydrogen) atoms. The van der Waals surface area contributed by atoms with Crippen LogP contribution in [0, 0.1) is 0 Å². The maximum absolute atomic E-state index is 12.7. The largest absolute Gasteiger partial charge is 0.493 e. The Morgan fingerprint density at radius 3 is 2.68 bits per heavy atom. The van der Waals surface area contributed by atoms with Gasteiger partial charge < -0.3 is 9.47 Å². The maximum Gasteiger partial charge on any atom is 0.332 e. The fourth-order valence-electron chi connectivity index (χ4n) is 2.21. The summed E-state index contributed by atoms with van der Waals surface area (Å²) in [6, 6.07) is 1.65. The molecule has 0 saturated heterocycles. The third-order valence-corrected chi connectivity index (χ3v) is 3.31. The lowest BCUT2D eigenvalue weighted by Gasteiger charge is -2.13. The summed E-state index contributed by atoms with van der Waals surface area (Å²) in [7, 11) is 1.60. The number of ether oxygens (including phenoxy) is 2. The lowest BCUT2D eigenvalue weighted by atomic mass is 10.3. The zero-order valence-electron chi connectivity index (χ0n) is 13.2. The third kappa shape index (κ3) is 3.04. The minimum Gasteiger partial charge on any atom is -0.493 e. The van der Waals surface area contributed by atoms with Crippen LogP contribution in [-0.4, -0.2) is 33.9 Å². The molecule has 2 aromatic heterocycles. The van der Waals surface area contributed by atoms with Crippen molar-refractivity contribution in [1.29, 1.82) is 0 Å². The maximum atomic E-state index is 12.7. The zero-order chi connectivity index (χ0) is 16.1. The molecule has 0 aromatic carbocycles. The van der Waals surface area contributed by atoms with E-state index in [1.807, 2.05) is 13.8 Å². The zero-order valence-corrected chi connectivity index (χ0v) is 13.2. The van der Waals surface area contributed by atoms with E-state index in [0.717, 1.165) is 6.42 Å². The predicted octanol–water partition coefficient (Wildman–Crippen LogP) is 0.920. The molecule has 0 aliphatic heterocycles. The summed E-state index contributed by atoms with van der Waals surface area (Å²) < 4.78 is 13.4. The van der Waals surface area contributed by atoms with Gasteiger partial charge in [0.15, 0.2) is 5.65 Å². The molecule has 0 aliphatic carbocycles. The Balaban J connectivity index is 2.62. The predicted molar refractivity (Wildman–Crippen MR) is 83.5 cm³/mol. The van der Waals surface area contributed by atoms with Crippen LogP contribution < -0.4 is 16.0 Å². The number of rotatable bonds is 7. The number of nitrogens with zero attached hydrogens (tertiary/aromatic N) is 3. The van der Waals surface area contributed by atoms with E-state index in [-0.39, 0.29) is 6.54 Å². The molecule has 120 valence electrons. The van der Waals surface area contributed by atoms with E-state index in [0.29, 0.717) is 36.6 Å². The summed E-state index contributed by atoms with van der Waals surface area (Å²) in [5, 5.41) is 0.328. The van der Waals surface area contributed by atoms with Gasteiger partial charge in [0.2, 0.25) is 0 Å². The summed E-state index contributed by atoms with van der Waals surface area (Å²) in [6.45, 7) is 5.40. The summed E-state index contributed by atoms with van der Waals surface area (Å²) in [4.78, 5) is 29.1. The highest BCUT2D eigenvalue weighted by atomic mass is 16.5. The molecule has 2 heterocycles. The number of aromatic nitrogens is 3. The molecule has 0 atom stereocenters. The first-order valence-corrected chi connectivity index (χ1v) is 7.40. The van der Waals surface area contributed by atoms with Gasteiger partial charge in [-0.15, -0.1) is 0 Å². The van der Waals surface area contributed by atoms with Crippen LogP contribution in [0.5, 0.6) is 5.75 Å². The minimum atomic E-state index is -0.405. The normalized spacial score (nSPS) is 11.0. The number of aryl methyl sites for hydroxylation is 1. The van der Waals surface area contributed by atoms with Crippen LogP contribution in [0.3, 0.4) is 0 Å². The van der Waals surface area contributed by atoms with Crippen LogP contribution >= 0.6 is 0 Å². The second-order valence-corrected chi connectivity index (χ2v) is 4.85. The smallest absolute Gasteiger partial charge is 0.332 e. The molecule has 0 saturated carbocycles. The van der Waals surface area contributed by atoms with Gasteiger partial charge in [-0.25, -0.2) is 9.78 Å². The monoisotopic (exact) mass is 307 g/mol. The van der Waals surface area contributed by atoms with Crippen LogP contribution in [0.2, 0.25) is 0 Å².